The number of rotatable bonds is 2. The Labute approximate surface area is 109 Å². The van der Waals surface area contributed by atoms with Gasteiger partial charge in [0.1, 0.15) is 0 Å². The number of carbonyl (C=O) groups excluding carboxylic acids is 1. The highest BCUT2D eigenvalue weighted by Gasteiger charge is 2.15. The monoisotopic (exact) mass is 376 g/mol. The van der Waals surface area contributed by atoms with E-state index >= 15 is 0 Å². The molecule has 1 aromatic heterocycles. The van der Waals surface area contributed by atoms with Gasteiger partial charge >= 0.3 is 0 Å². The molecule has 0 radical (unpaired) electrons. The Morgan fingerprint density at radius 2 is 2.07 bits per heavy atom. The minimum absolute atomic E-state index is 0.0919. The first-order valence-corrected chi connectivity index (χ1v) is 6.09. The number of halogens is 2. The molecular formula is C11H6BrIO2. The predicted octanol–water partition coefficient (Wildman–Crippen LogP) is 3.88. The van der Waals surface area contributed by atoms with E-state index in [1.807, 2.05) is 12.1 Å². The van der Waals surface area contributed by atoms with Crippen LogP contribution in [0.3, 0.4) is 0 Å². The Morgan fingerprint density at radius 3 is 2.73 bits per heavy atom. The highest BCUT2D eigenvalue weighted by Crippen LogP contribution is 2.24. The lowest BCUT2D eigenvalue weighted by atomic mass is 10.1. The molecule has 2 nitrogen and oxygen atoms in total. The van der Waals surface area contributed by atoms with Gasteiger partial charge in [0.15, 0.2) is 5.76 Å². The molecule has 0 atom stereocenters. The van der Waals surface area contributed by atoms with Crippen molar-refractivity contribution in [2.45, 2.75) is 0 Å². The summed E-state index contributed by atoms with van der Waals surface area (Å²) in [6.45, 7) is 0. The first-order valence-electron chi connectivity index (χ1n) is 4.22. The van der Waals surface area contributed by atoms with Gasteiger partial charge in [0.25, 0.3) is 0 Å². The molecule has 15 heavy (non-hydrogen) atoms. The summed E-state index contributed by atoms with van der Waals surface area (Å²) < 4.78 is 6.89. The van der Waals surface area contributed by atoms with E-state index in [1.165, 1.54) is 6.26 Å². The fourth-order valence-corrected chi connectivity index (χ4v) is 2.19. The fraction of sp³-hybridized carbons (Fsp3) is 0. The van der Waals surface area contributed by atoms with Gasteiger partial charge in [0.05, 0.1) is 6.26 Å². The summed E-state index contributed by atoms with van der Waals surface area (Å²) in [7, 11) is 0. The second-order valence-electron chi connectivity index (χ2n) is 2.91. The van der Waals surface area contributed by atoms with Crippen LogP contribution < -0.4 is 0 Å². The van der Waals surface area contributed by atoms with E-state index in [-0.39, 0.29) is 5.78 Å². The molecule has 1 heterocycles. The molecule has 4 heteroatoms. The molecular weight excluding hydrogens is 371 g/mol. The van der Waals surface area contributed by atoms with Crippen LogP contribution in [0.5, 0.6) is 0 Å². The average Bonchev–Trinajstić information content (AvgIpc) is 2.74. The summed E-state index contributed by atoms with van der Waals surface area (Å²) in [6.07, 6.45) is 1.50. The topological polar surface area (TPSA) is 30.2 Å². The van der Waals surface area contributed by atoms with Gasteiger partial charge in [-0.1, -0.05) is 6.07 Å². The van der Waals surface area contributed by atoms with Gasteiger partial charge < -0.3 is 4.42 Å². The predicted molar refractivity (Wildman–Crippen MR) is 69.0 cm³/mol. The largest absolute Gasteiger partial charge is 0.461 e. The first-order chi connectivity index (χ1) is 7.20. The van der Waals surface area contributed by atoms with E-state index in [9.17, 15) is 4.79 Å². The van der Waals surface area contributed by atoms with E-state index in [2.05, 4.69) is 38.5 Å². The quantitative estimate of drug-likeness (QED) is 0.588. The minimum Gasteiger partial charge on any atom is -0.461 e. The summed E-state index contributed by atoms with van der Waals surface area (Å²) in [4.78, 5) is 12.0. The van der Waals surface area contributed by atoms with Crippen molar-refractivity contribution in [3.63, 3.8) is 0 Å². The molecule has 76 valence electrons. The number of benzene rings is 1. The van der Waals surface area contributed by atoms with E-state index < -0.39 is 0 Å². The lowest BCUT2D eigenvalue weighted by molar-refractivity contribution is 0.101. The van der Waals surface area contributed by atoms with Crippen LogP contribution in [-0.4, -0.2) is 5.78 Å². The third kappa shape index (κ3) is 2.15. The molecule has 2 aromatic rings. The fourth-order valence-electron chi connectivity index (χ4n) is 1.22. The van der Waals surface area contributed by atoms with Crippen molar-refractivity contribution in [1.82, 2.24) is 0 Å². The van der Waals surface area contributed by atoms with Crippen molar-refractivity contribution in [3.8, 4) is 0 Å². The van der Waals surface area contributed by atoms with Gasteiger partial charge in [-0.15, -0.1) is 0 Å². The second kappa shape index (κ2) is 4.49. The molecule has 0 amide bonds. The molecule has 0 saturated carbocycles. The van der Waals surface area contributed by atoms with Crippen LogP contribution in [0.15, 0.2) is 45.5 Å². The van der Waals surface area contributed by atoms with Gasteiger partial charge in [-0.05, 0) is 62.8 Å². The number of furan rings is 1. The summed E-state index contributed by atoms with van der Waals surface area (Å²) in [5.41, 5.74) is 0.653. The molecule has 0 aliphatic rings. The highest BCUT2D eigenvalue weighted by molar-refractivity contribution is 14.1. The maximum atomic E-state index is 12.0. The molecule has 2 rings (SSSR count). The Bertz CT molecular complexity index is 491. The van der Waals surface area contributed by atoms with Gasteiger partial charge in [0, 0.05) is 13.6 Å². The Balaban J connectivity index is 2.47. The summed E-state index contributed by atoms with van der Waals surface area (Å²) in [5.74, 6) is 0.275. The van der Waals surface area contributed by atoms with Crippen molar-refractivity contribution >= 4 is 44.3 Å². The van der Waals surface area contributed by atoms with Gasteiger partial charge in [-0.25, -0.2) is 0 Å². The number of ketones is 1. The van der Waals surface area contributed by atoms with Crippen LogP contribution >= 0.6 is 38.5 Å². The van der Waals surface area contributed by atoms with E-state index in [1.54, 1.807) is 18.2 Å². The van der Waals surface area contributed by atoms with Gasteiger partial charge in [0.2, 0.25) is 5.78 Å². The van der Waals surface area contributed by atoms with Crippen molar-refractivity contribution < 1.29 is 9.21 Å². The molecule has 0 bridgehead atoms. The number of carbonyl (C=O) groups is 1. The SMILES string of the molecule is O=C(c1ccco1)c1cccc(Br)c1I. The van der Waals surface area contributed by atoms with Crippen molar-refractivity contribution in [2.75, 3.05) is 0 Å². The van der Waals surface area contributed by atoms with Crippen molar-refractivity contribution in [3.05, 3.63) is 56.0 Å². The van der Waals surface area contributed by atoms with E-state index in [0.29, 0.717) is 11.3 Å². The second-order valence-corrected chi connectivity index (χ2v) is 4.84. The number of hydrogen-bond donors (Lipinski definition) is 0. The van der Waals surface area contributed by atoms with Crippen LogP contribution in [0, 0.1) is 3.57 Å². The Hall–Kier alpha value is -0.620. The smallest absolute Gasteiger partial charge is 0.229 e. The zero-order chi connectivity index (χ0) is 10.8. The summed E-state index contributed by atoms with van der Waals surface area (Å²) in [6, 6.07) is 8.90. The molecule has 1 aromatic carbocycles. The Morgan fingerprint density at radius 1 is 1.27 bits per heavy atom. The van der Waals surface area contributed by atoms with Crippen LogP contribution in [0.1, 0.15) is 16.1 Å². The van der Waals surface area contributed by atoms with Gasteiger partial charge in [-0.2, -0.15) is 0 Å². The standard InChI is InChI=1S/C11H6BrIO2/c12-8-4-1-3-7(10(8)13)11(14)9-5-2-6-15-9/h1-6H. The van der Waals surface area contributed by atoms with Crippen LogP contribution in [-0.2, 0) is 0 Å². The molecule has 0 aliphatic carbocycles. The third-order valence-electron chi connectivity index (χ3n) is 1.94. The zero-order valence-electron chi connectivity index (χ0n) is 7.54. The van der Waals surface area contributed by atoms with E-state index in [0.717, 1.165) is 8.04 Å². The third-order valence-corrected chi connectivity index (χ3v) is 4.51. The van der Waals surface area contributed by atoms with Crippen molar-refractivity contribution in [2.24, 2.45) is 0 Å². The van der Waals surface area contributed by atoms with E-state index in [4.69, 9.17) is 4.42 Å². The van der Waals surface area contributed by atoms with Crippen LogP contribution in [0.2, 0.25) is 0 Å². The number of hydrogen-bond acceptors (Lipinski definition) is 2. The lowest BCUT2D eigenvalue weighted by Crippen LogP contribution is -2.02. The molecule has 0 unspecified atom stereocenters. The zero-order valence-corrected chi connectivity index (χ0v) is 11.3. The Kier molecular flexibility index (Phi) is 3.25. The van der Waals surface area contributed by atoms with Crippen LogP contribution in [0.4, 0.5) is 0 Å². The summed E-state index contributed by atoms with van der Waals surface area (Å²) in [5, 5.41) is 0. The molecule has 0 aliphatic heterocycles. The molecule has 0 fully saturated rings. The summed E-state index contributed by atoms with van der Waals surface area (Å²) >= 11 is 5.52. The van der Waals surface area contributed by atoms with Gasteiger partial charge in [-0.3, -0.25) is 4.79 Å². The normalized spacial score (nSPS) is 10.3. The van der Waals surface area contributed by atoms with Crippen molar-refractivity contribution in [1.29, 1.82) is 0 Å². The maximum Gasteiger partial charge on any atom is 0.229 e. The van der Waals surface area contributed by atoms with Crippen LogP contribution in [0.25, 0.3) is 0 Å². The minimum atomic E-state index is -0.0919. The highest BCUT2D eigenvalue weighted by atomic mass is 127. The lowest BCUT2D eigenvalue weighted by Gasteiger charge is -2.02. The molecule has 0 spiro atoms. The maximum absolute atomic E-state index is 12.0. The molecule has 0 N–H and O–H groups in total. The first kappa shape index (κ1) is 10.9. The average molecular weight is 377 g/mol. The molecule has 0 saturated heterocycles.